The summed E-state index contributed by atoms with van der Waals surface area (Å²) in [6, 6.07) is -0.775. The number of ether oxygens (including phenoxy) is 1. The topological polar surface area (TPSA) is 105 Å². The zero-order chi connectivity index (χ0) is 17.3. The Balaban J connectivity index is 3.95. The van der Waals surface area contributed by atoms with Crippen LogP contribution in [0.4, 0.5) is 4.79 Å². The Kier molecular flexibility index (Phi) is 8.52. The molecule has 7 nitrogen and oxygen atoms in total. The standard InChI is InChI=1S/C15H28N2O5/c1-10(6-8-12(18)19)16-14(21)17-11(2)7-9-13(20)22-15(3,4)5/h10-11H,6-9H2,1-5H3,(H,18,19)(H2,16,17,21)/t10-,11-/m1/s1. The first-order chi connectivity index (χ1) is 9.99. The molecule has 0 rings (SSSR count). The lowest BCUT2D eigenvalue weighted by Crippen LogP contribution is -2.44. The van der Waals surface area contributed by atoms with Crippen LogP contribution in [-0.2, 0) is 14.3 Å². The number of urea groups is 1. The molecule has 0 aliphatic carbocycles. The minimum Gasteiger partial charge on any atom is -0.481 e. The molecule has 0 heterocycles. The van der Waals surface area contributed by atoms with Crippen molar-refractivity contribution in [1.82, 2.24) is 10.6 Å². The minimum atomic E-state index is -0.889. The number of amides is 2. The first-order valence-electron chi connectivity index (χ1n) is 7.50. The first kappa shape index (κ1) is 20.2. The second-order valence-corrected chi connectivity index (χ2v) is 6.48. The van der Waals surface area contributed by atoms with Crippen molar-refractivity contribution in [2.24, 2.45) is 0 Å². The zero-order valence-corrected chi connectivity index (χ0v) is 14.1. The average Bonchev–Trinajstić information content (AvgIpc) is 2.31. The summed E-state index contributed by atoms with van der Waals surface area (Å²) in [5.74, 6) is -1.18. The predicted octanol–water partition coefficient (Wildman–Crippen LogP) is 2.05. The number of carboxylic acid groups (broad SMARTS) is 1. The molecule has 0 aromatic heterocycles. The van der Waals surface area contributed by atoms with Gasteiger partial charge in [0.15, 0.2) is 0 Å². The molecule has 22 heavy (non-hydrogen) atoms. The molecule has 0 fully saturated rings. The second-order valence-electron chi connectivity index (χ2n) is 6.48. The maximum absolute atomic E-state index is 11.7. The van der Waals surface area contributed by atoms with Crippen molar-refractivity contribution in [3.8, 4) is 0 Å². The Morgan fingerprint density at radius 2 is 1.45 bits per heavy atom. The summed E-state index contributed by atoms with van der Waals surface area (Å²) in [4.78, 5) is 33.7. The fraction of sp³-hybridized carbons (Fsp3) is 0.800. The molecular formula is C15H28N2O5. The molecule has 0 aliphatic heterocycles. The van der Waals surface area contributed by atoms with Gasteiger partial charge in [-0.05, 0) is 47.5 Å². The SMILES string of the molecule is C[C@H](CCC(=O)O)NC(=O)N[C@H](C)CCC(=O)OC(C)(C)C. The summed E-state index contributed by atoms with van der Waals surface area (Å²) in [5.41, 5.74) is -0.509. The number of esters is 1. The summed E-state index contributed by atoms with van der Waals surface area (Å²) in [6.45, 7) is 8.95. The van der Waals surface area contributed by atoms with E-state index in [2.05, 4.69) is 10.6 Å². The Labute approximate surface area is 131 Å². The number of aliphatic carboxylic acids is 1. The molecule has 0 radical (unpaired) electrons. The van der Waals surface area contributed by atoms with Crippen LogP contribution in [0.15, 0.2) is 0 Å². The zero-order valence-electron chi connectivity index (χ0n) is 14.1. The van der Waals surface area contributed by atoms with Crippen LogP contribution in [0.3, 0.4) is 0 Å². The van der Waals surface area contributed by atoms with Crippen molar-refractivity contribution in [1.29, 1.82) is 0 Å². The predicted molar refractivity (Wildman–Crippen MR) is 82.5 cm³/mol. The number of carbonyl (C=O) groups is 3. The number of carbonyl (C=O) groups excluding carboxylic acids is 2. The van der Waals surface area contributed by atoms with Gasteiger partial charge in [0.1, 0.15) is 5.60 Å². The third-order valence-electron chi connectivity index (χ3n) is 2.75. The number of hydrogen-bond acceptors (Lipinski definition) is 4. The third kappa shape index (κ3) is 12.0. The maximum atomic E-state index is 11.7. The lowest BCUT2D eigenvalue weighted by atomic mass is 10.1. The highest BCUT2D eigenvalue weighted by molar-refractivity contribution is 5.75. The molecule has 2 atom stereocenters. The van der Waals surface area contributed by atoms with Crippen molar-refractivity contribution in [2.75, 3.05) is 0 Å². The van der Waals surface area contributed by atoms with E-state index in [1.165, 1.54) is 0 Å². The van der Waals surface area contributed by atoms with E-state index in [1.54, 1.807) is 34.6 Å². The number of rotatable bonds is 8. The summed E-state index contributed by atoms with van der Waals surface area (Å²) in [7, 11) is 0. The van der Waals surface area contributed by atoms with E-state index in [-0.39, 0.29) is 36.9 Å². The van der Waals surface area contributed by atoms with Gasteiger partial charge in [0.05, 0.1) is 0 Å². The molecule has 0 saturated heterocycles. The van der Waals surface area contributed by atoms with Crippen LogP contribution in [0.25, 0.3) is 0 Å². The van der Waals surface area contributed by atoms with Gasteiger partial charge in [-0.25, -0.2) is 4.79 Å². The van der Waals surface area contributed by atoms with Crippen molar-refractivity contribution in [3.05, 3.63) is 0 Å². The molecule has 0 aromatic rings. The molecule has 7 heteroatoms. The maximum Gasteiger partial charge on any atom is 0.315 e. The van der Waals surface area contributed by atoms with Crippen LogP contribution >= 0.6 is 0 Å². The smallest absolute Gasteiger partial charge is 0.315 e. The number of hydrogen-bond donors (Lipinski definition) is 3. The summed E-state index contributed by atoms with van der Waals surface area (Å²) in [6.07, 6.45) is 1.09. The van der Waals surface area contributed by atoms with Gasteiger partial charge in [0.2, 0.25) is 0 Å². The first-order valence-corrected chi connectivity index (χ1v) is 7.50. The fourth-order valence-electron chi connectivity index (χ4n) is 1.70. The van der Waals surface area contributed by atoms with Crippen LogP contribution < -0.4 is 10.6 Å². The normalized spacial score (nSPS) is 13.9. The molecule has 0 aliphatic rings. The third-order valence-corrected chi connectivity index (χ3v) is 2.75. The van der Waals surface area contributed by atoms with E-state index in [1.807, 2.05) is 0 Å². The van der Waals surface area contributed by atoms with E-state index in [4.69, 9.17) is 9.84 Å². The van der Waals surface area contributed by atoms with Crippen LogP contribution in [0.2, 0.25) is 0 Å². The van der Waals surface area contributed by atoms with E-state index in [9.17, 15) is 14.4 Å². The van der Waals surface area contributed by atoms with Crippen LogP contribution in [0.1, 0.15) is 60.3 Å². The van der Waals surface area contributed by atoms with Crippen LogP contribution in [0.5, 0.6) is 0 Å². The van der Waals surface area contributed by atoms with Crippen molar-refractivity contribution >= 4 is 18.0 Å². The lowest BCUT2D eigenvalue weighted by molar-refractivity contribution is -0.155. The summed E-state index contributed by atoms with van der Waals surface area (Å²) in [5, 5.41) is 13.9. The Morgan fingerprint density at radius 3 is 1.86 bits per heavy atom. The fourth-order valence-corrected chi connectivity index (χ4v) is 1.70. The van der Waals surface area contributed by atoms with Crippen LogP contribution in [0, 0.1) is 0 Å². The highest BCUT2D eigenvalue weighted by Crippen LogP contribution is 2.10. The van der Waals surface area contributed by atoms with Gasteiger partial charge in [0.25, 0.3) is 0 Å². The van der Waals surface area contributed by atoms with Gasteiger partial charge in [0, 0.05) is 24.9 Å². The Morgan fingerprint density at radius 1 is 1.00 bits per heavy atom. The lowest BCUT2D eigenvalue weighted by Gasteiger charge is -2.21. The highest BCUT2D eigenvalue weighted by atomic mass is 16.6. The molecule has 0 unspecified atom stereocenters. The van der Waals surface area contributed by atoms with Gasteiger partial charge in [-0.3, -0.25) is 9.59 Å². The minimum absolute atomic E-state index is 0.00957. The van der Waals surface area contributed by atoms with Gasteiger partial charge in [-0.1, -0.05) is 0 Å². The van der Waals surface area contributed by atoms with Gasteiger partial charge in [-0.2, -0.15) is 0 Å². The molecule has 0 spiro atoms. The number of carboxylic acids is 1. The molecular weight excluding hydrogens is 288 g/mol. The highest BCUT2D eigenvalue weighted by Gasteiger charge is 2.17. The molecule has 0 saturated carbocycles. The van der Waals surface area contributed by atoms with Gasteiger partial charge >= 0.3 is 18.0 Å². The summed E-state index contributed by atoms with van der Waals surface area (Å²) < 4.78 is 5.19. The summed E-state index contributed by atoms with van der Waals surface area (Å²) >= 11 is 0. The second kappa shape index (κ2) is 9.27. The van der Waals surface area contributed by atoms with Gasteiger partial charge in [-0.15, -0.1) is 0 Å². The van der Waals surface area contributed by atoms with Crippen molar-refractivity contribution in [3.63, 3.8) is 0 Å². The van der Waals surface area contributed by atoms with E-state index >= 15 is 0 Å². The Hall–Kier alpha value is -1.79. The van der Waals surface area contributed by atoms with Crippen molar-refractivity contribution < 1.29 is 24.2 Å². The van der Waals surface area contributed by atoms with E-state index in [0.29, 0.717) is 12.8 Å². The molecule has 2 amide bonds. The largest absolute Gasteiger partial charge is 0.481 e. The molecule has 0 aromatic carbocycles. The monoisotopic (exact) mass is 316 g/mol. The average molecular weight is 316 g/mol. The van der Waals surface area contributed by atoms with E-state index < -0.39 is 11.6 Å². The van der Waals surface area contributed by atoms with Crippen molar-refractivity contribution in [2.45, 2.75) is 78.0 Å². The van der Waals surface area contributed by atoms with Gasteiger partial charge < -0.3 is 20.5 Å². The quantitative estimate of drug-likeness (QED) is 0.594. The molecule has 128 valence electrons. The molecule has 3 N–H and O–H groups in total. The van der Waals surface area contributed by atoms with Crippen LogP contribution in [-0.4, -0.2) is 40.8 Å². The molecule has 0 bridgehead atoms. The Bertz CT molecular complexity index is 390. The van der Waals surface area contributed by atoms with E-state index in [0.717, 1.165) is 0 Å². The number of nitrogens with one attached hydrogen (secondary N) is 2.